The van der Waals surface area contributed by atoms with Crippen molar-refractivity contribution in [1.82, 2.24) is 30.8 Å². The summed E-state index contributed by atoms with van der Waals surface area (Å²) >= 11 is 0. The highest BCUT2D eigenvalue weighted by Gasteiger charge is 2.35. The molecule has 1 aromatic heterocycles. The molecule has 3 rings (SSSR count). The number of hydrogen-bond donors (Lipinski definition) is 6. The van der Waals surface area contributed by atoms with Gasteiger partial charge in [-0.3, -0.25) is 23.9 Å². The third kappa shape index (κ3) is 15.6. The van der Waals surface area contributed by atoms with Gasteiger partial charge in [-0.15, -0.1) is 0 Å². The number of amides is 3. The zero-order valence-electron chi connectivity index (χ0n) is 28.8. The average molecular weight is 737 g/mol. The van der Waals surface area contributed by atoms with Gasteiger partial charge in [0.1, 0.15) is 11.7 Å². The summed E-state index contributed by atoms with van der Waals surface area (Å²) in [6.07, 6.45) is 8.86. The van der Waals surface area contributed by atoms with Crippen LogP contribution in [0, 0.1) is 5.92 Å². The predicted octanol–water partition coefficient (Wildman–Crippen LogP) is 2.23. The van der Waals surface area contributed by atoms with Crippen LogP contribution in [0.4, 0.5) is 0 Å². The quantitative estimate of drug-likeness (QED) is 0.108. The Morgan fingerprint density at radius 3 is 2.26 bits per heavy atom. The van der Waals surface area contributed by atoms with Crippen LogP contribution >= 0.6 is 16.4 Å². The van der Waals surface area contributed by atoms with E-state index in [2.05, 4.69) is 44.7 Å². The van der Waals surface area contributed by atoms with E-state index in [0.717, 1.165) is 44.3 Å². The van der Waals surface area contributed by atoms with Crippen molar-refractivity contribution in [2.75, 3.05) is 32.8 Å². The maximum absolute atomic E-state index is 13.9. The summed E-state index contributed by atoms with van der Waals surface area (Å²) in [5.41, 5.74) is -0.568. The van der Waals surface area contributed by atoms with E-state index < -0.39 is 52.8 Å². The standard InChI is InChI=1S/C32H51BN6O9P2/c1-24(2)21-28(37-30(41)26(22-25-11-4-3-5-12-25)36-31(42)27-23-34-14-15-35-27)33-47-19-8-6-16-39(17-7-9-20-48-33)18-10-13-29(40)38-32(49-43)50(44,45)46/h3-5,11-12,14-15,23-24,26,28,32,43,49H,6-10,13,16-22H2,1-2H3,(H,36,42)(H,37,41)(H,38,40)(H2,44,45,46)/t26-,28-,32?/m1/s1. The van der Waals surface area contributed by atoms with Crippen molar-refractivity contribution in [3.8, 4) is 0 Å². The maximum Gasteiger partial charge on any atom is 0.480 e. The number of nitrogens with one attached hydrogen (secondary N) is 3. The summed E-state index contributed by atoms with van der Waals surface area (Å²) in [6, 6.07) is 8.58. The Bertz CT molecular complexity index is 1350. The fourth-order valence-corrected chi connectivity index (χ4v) is 6.65. The van der Waals surface area contributed by atoms with Gasteiger partial charge in [0.25, 0.3) is 5.91 Å². The molecule has 50 heavy (non-hydrogen) atoms. The normalized spacial score (nSPS) is 17.4. The molecular weight excluding hydrogens is 685 g/mol. The number of aromatic nitrogens is 2. The molecule has 15 nitrogen and oxygen atoms in total. The summed E-state index contributed by atoms with van der Waals surface area (Å²) in [5, 5.41) is 8.20. The lowest BCUT2D eigenvalue weighted by Gasteiger charge is -2.29. The summed E-state index contributed by atoms with van der Waals surface area (Å²) in [6.45, 7) is 7.17. The fourth-order valence-electron chi connectivity index (χ4n) is 5.51. The summed E-state index contributed by atoms with van der Waals surface area (Å²) in [4.78, 5) is 77.1. The van der Waals surface area contributed by atoms with Crippen molar-refractivity contribution >= 4 is 41.2 Å². The van der Waals surface area contributed by atoms with E-state index in [1.165, 1.54) is 18.6 Å². The van der Waals surface area contributed by atoms with Gasteiger partial charge < -0.3 is 44.8 Å². The van der Waals surface area contributed by atoms with E-state index in [1.807, 2.05) is 30.3 Å². The molecule has 0 radical (unpaired) electrons. The van der Waals surface area contributed by atoms with Crippen LogP contribution in [-0.4, -0.2) is 105 Å². The van der Waals surface area contributed by atoms with E-state index in [9.17, 15) is 33.6 Å². The van der Waals surface area contributed by atoms with Gasteiger partial charge in [-0.1, -0.05) is 44.2 Å². The van der Waals surface area contributed by atoms with E-state index in [-0.39, 0.29) is 30.4 Å². The molecule has 2 aromatic rings. The first-order valence-electron chi connectivity index (χ1n) is 17.1. The molecule has 0 aliphatic carbocycles. The van der Waals surface area contributed by atoms with E-state index in [1.54, 1.807) is 0 Å². The SMILES string of the molecule is CC(C)C[C@@H](NC(=O)[C@@H](Cc1ccccc1)NC(=O)c1cnccn1)B1OCCCCN(CCCC(=O)NC(PO)P(=O)(O)O)CCCCO1. The second-order valence-corrected chi connectivity index (χ2v) is 15.7. The minimum Gasteiger partial charge on any atom is -0.410 e. The number of rotatable bonds is 16. The number of carbonyl (C=O) groups excluding carboxylic acids is 3. The van der Waals surface area contributed by atoms with Crippen LogP contribution in [0.2, 0.25) is 0 Å². The van der Waals surface area contributed by atoms with Gasteiger partial charge in [-0.2, -0.15) is 0 Å². The molecule has 1 fully saturated rings. The van der Waals surface area contributed by atoms with E-state index >= 15 is 0 Å². The molecule has 0 saturated carbocycles. The minimum atomic E-state index is -4.62. The van der Waals surface area contributed by atoms with Gasteiger partial charge in [0, 0.05) is 47.3 Å². The van der Waals surface area contributed by atoms with E-state index in [0.29, 0.717) is 32.6 Å². The van der Waals surface area contributed by atoms with Crippen LogP contribution in [0.15, 0.2) is 48.9 Å². The minimum absolute atomic E-state index is 0.0879. The second kappa shape index (κ2) is 22.2. The molecule has 1 aromatic carbocycles. The van der Waals surface area contributed by atoms with Crippen molar-refractivity contribution < 1.29 is 42.9 Å². The van der Waals surface area contributed by atoms with Crippen LogP contribution in [0.5, 0.6) is 0 Å². The number of hydrogen-bond acceptors (Lipinski definition) is 10. The Labute approximate surface area is 296 Å². The van der Waals surface area contributed by atoms with Crippen molar-refractivity contribution in [2.45, 2.75) is 82.7 Å². The van der Waals surface area contributed by atoms with Crippen LogP contribution in [0.3, 0.4) is 0 Å². The summed E-state index contributed by atoms with van der Waals surface area (Å²) < 4.78 is 23.9. The van der Waals surface area contributed by atoms with Crippen molar-refractivity contribution in [2.24, 2.45) is 5.92 Å². The van der Waals surface area contributed by atoms with Crippen molar-refractivity contribution in [3.63, 3.8) is 0 Å². The first-order chi connectivity index (χ1) is 24.0. The van der Waals surface area contributed by atoms with Gasteiger partial charge in [-0.25, -0.2) is 4.98 Å². The maximum atomic E-state index is 13.9. The molecule has 1 aliphatic heterocycles. The Balaban J connectivity index is 1.58. The molecule has 276 valence electrons. The molecule has 2 heterocycles. The molecule has 18 heteroatoms. The Hall–Kier alpha value is -2.81. The largest absolute Gasteiger partial charge is 0.480 e. The average Bonchev–Trinajstić information content (AvgIpc) is 3.07. The molecule has 4 atom stereocenters. The van der Waals surface area contributed by atoms with Crippen LogP contribution in [-0.2, 0) is 29.9 Å². The van der Waals surface area contributed by atoms with Gasteiger partial charge in [0.05, 0.1) is 12.1 Å². The zero-order chi connectivity index (χ0) is 36.4. The van der Waals surface area contributed by atoms with Crippen LogP contribution in [0.1, 0.15) is 74.8 Å². The van der Waals surface area contributed by atoms with Gasteiger partial charge in [0.2, 0.25) is 11.8 Å². The molecule has 6 N–H and O–H groups in total. The second-order valence-electron chi connectivity index (χ2n) is 12.7. The predicted molar refractivity (Wildman–Crippen MR) is 191 cm³/mol. The molecule has 1 aliphatic rings. The zero-order valence-corrected chi connectivity index (χ0v) is 30.7. The monoisotopic (exact) mass is 736 g/mol. The van der Waals surface area contributed by atoms with Crippen molar-refractivity contribution in [1.29, 1.82) is 0 Å². The molecule has 0 spiro atoms. The molecule has 1 saturated heterocycles. The Kier molecular flexibility index (Phi) is 18.5. The highest BCUT2D eigenvalue weighted by molar-refractivity contribution is 7.63. The third-order valence-electron chi connectivity index (χ3n) is 8.02. The number of nitrogens with zero attached hydrogens (tertiary/aromatic N) is 3. The summed E-state index contributed by atoms with van der Waals surface area (Å²) in [5.74, 6) is -1.60. The fraction of sp³-hybridized carbons (Fsp3) is 0.594. The first kappa shape index (κ1) is 41.6. The smallest absolute Gasteiger partial charge is 0.410 e. The highest BCUT2D eigenvalue weighted by atomic mass is 31.2. The van der Waals surface area contributed by atoms with Gasteiger partial charge in [-0.05, 0) is 69.6 Å². The lowest BCUT2D eigenvalue weighted by molar-refractivity contribution is -0.123. The first-order valence-corrected chi connectivity index (χ1v) is 19.8. The van der Waals surface area contributed by atoms with Crippen LogP contribution in [0.25, 0.3) is 0 Å². The topological polar surface area (TPSA) is 213 Å². The summed E-state index contributed by atoms with van der Waals surface area (Å²) in [7, 11) is -6.39. The lowest BCUT2D eigenvalue weighted by atomic mass is 9.73. The molecule has 0 bridgehead atoms. The third-order valence-corrected chi connectivity index (χ3v) is 10.6. The highest BCUT2D eigenvalue weighted by Crippen LogP contribution is 2.46. The molecule has 3 amide bonds. The van der Waals surface area contributed by atoms with Gasteiger partial charge in [0.15, 0.2) is 5.52 Å². The van der Waals surface area contributed by atoms with Gasteiger partial charge >= 0.3 is 14.7 Å². The van der Waals surface area contributed by atoms with Crippen molar-refractivity contribution in [3.05, 3.63) is 60.2 Å². The molecule has 2 unspecified atom stereocenters. The number of benzene rings is 1. The Morgan fingerprint density at radius 1 is 1.00 bits per heavy atom. The molecular formula is C32H51BN6O9P2. The lowest BCUT2D eigenvalue weighted by Crippen LogP contribution is -2.56. The van der Waals surface area contributed by atoms with E-state index in [4.69, 9.17) is 9.31 Å². The Morgan fingerprint density at radius 2 is 1.68 bits per heavy atom. The van der Waals surface area contributed by atoms with Crippen LogP contribution < -0.4 is 16.0 Å². The number of carbonyl (C=O) groups is 3.